The number of aromatic nitrogens is 2. The Balaban J connectivity index is 2.18. The van der Waals surface area contributed by atoms with Crippen LogP contribution in [0.2, 0.25) is 0 Å². The smallest absolute Gasteiger partial charge is 0.251 e. The van der Waals surface area contributed by atoms with E-state index < -0.39 is 0 Å². The fourth-order valence-electron chi connectivity index (χ4n) is 2.44. The van der Waals surface area contributed by atoms with Crippen molar-refractivity contribution in [1.29, 1.82) is 0 Å². The third kappa shape index (κ3) is 3.20. The average Bonchev–Trinajstić information content (AvgIpc) is 2.84. The molecule has 104 valence electrons. The maximum Gasteiger partial charge on any atom is 0.251 e. The summed E-state index contributed by atoms with van der Waals surface area (Å²) in [5.74, 6) is 0.641. The van der Waals surface area contributed by atoms with Gasteiger partial charge in [-0.05, 0) is 19.8 Å². The van der Waals surface area contributed by atoms with Gasteiger partial charge in [-0.2, -0.15) is 0 Å². The summed E-state index contributed by atoms with van der Waals surface area (Å²) >= 11 is 0. The first-order chi connectivity index (χ1) is 9.11. The van der Waals surface area contributed by atoms with Crippen LogP contribution in [0.15, 0.2) is 10.9 Å². The Labute approximate surface area is 111 Å². The van der Waals surface area contributed by atoms with Gasteiger partial charge in [-0.25, -0.2) is 4.98 Å². The van der Waals surface area contributed by atoms with Gasteiger partial charge in [0.05, 0.1) is 19.1 Å². The molecule has 0 saturated carbocycles. The molecule has 0 aliphatic carbocycles. The number of aromatic amines is 1. The largest absolute Gasteiger partial charge is 0.384 e. The molecule has 0 aromatic carbocycles. The van der Waals surface area contributed by atoms with E-state index in [1.165, 1.54) is 6.07 Å². The van der Waals surface area contributed by atoms with Crippen molar-refractivity contribution in [2.45, 2.75) is 32.2 Å². The van der Waals surface area contributed by atoms with E-state index in [0.717, 1.165) is 12.8 Å². The van der Waals surface area contributed by atoms with E-state index in [1.54, 1.807) is 18.9 Å². The predicted molar refractivity (Wildman–Crippen MR) is 69.8 cm³/mol. The number of H-pyrrole nitrogens is 1. The van der Waals surface area contributed by atoms with E-state index in [4.69, 9.17) is 4.74 Å². The number of hydrogen-bond donors (Lipinski definition) is 1. The average molecular weight is 265 g/mol. The molecular weight excluding hydrogens is 246 g/mol. The van der Waals surface area contributed by atoms with Crippen LogP contribution in [0, 0.1) is 6.92 Å². The molecule has 1 saturated heterocycles. The number of ether oxygens (including phenoxy) is 1. The highest BCUT2D eigenvalue weighted by molar-refractivity contribution is 5.77. The third-order valence-electron chi connectivity index (χ3n) is 3.30. The van der Waals surface area contributed by atoms with Crippen LogP contribution in [0.25, 0.3) is 0 Å². The lowest BCUT2D eigenvalue weighted by Crippen LogP contribution is -2.33. The predicted octanol–water partition coefficient (Wildman–Crippen LogP) is 0.778. The van der Waals surface area contributed by atoms with Crippen molar-refractivity contribution in [3.63, 3.8) is 0 Å². The fraction of sp³-hybridized carbons (Fsp3) is 0.615. The highest BCUT2D eigenvalue weighted by Gasteiger charge is 2.31. The SMILES string of the molecule is COCCC(=O)N1CCCC1c1nc(C)cc(=O)[nH]1. The minimum absolute atomic E-state index is 0.0495. The van der Waals surface area contributed by atoms with Gasteiger partial charge in [0, 0.05) is 25.4 Å². The van der Waals surface area contributed by atoms with Crippen molar-refractivity contribution >= 4 is 5.91 Å². The van der Waals surface area contributed by atoms with Crippen LogP contribution in [-0.4, -0.2) is 41.0 Å². The second-order valence-corrected chi connectivity index (χ2v) is 4.76. The molecule has 2 heterocycles. The molecule has 1 unspecified atom stereocenters. The van der Waals surface area contributed by atoms with Gasteiger partial charge in [0.2, 0.25) is 5.91 Å². The van der Waals surface area contributed by atoms with E-state index in [-0.39, 0.29) is 17.5 Å². The van der Waals surface area contributed by atoms with Gasteiger partial charge in [0.1, 0.15) is 5.82 Å². The molecule has 1 N–H and O–H groups in total. The number of nitrogens with one attached hydrogen (secondary N) is 1. The Morgan fingerprint density at radius 3 is 3.11 bits per heavy atom. The third-order valence-corrected chi connectivity index (χ3v) is 3.30. The maximum atomic E-state index is 12.1. The Morgan fingerprint density at radius 1 is 1.63 bits per heavy atom. The molecule has 0 spiro atoms. The number of hydrogen-bond acceptors (Lipinski definition) is 4. The summed E-state index contributed by atoms with van der Waals surface area (Å²) in [5.41, 5.74) is 0.508. The summed E-state index contributed by atoms with van der Waals surface area (Å²) in [6, 6.07) is 1.34. The van der Waals surface area contributed by atoms with Crippen molar-refractivity contribution in [1.82, 2.24) is 14.9 Å². The monoisotopic (exact) mass is 265 g/mol. The Hall–Kier alpha value is -1.69. The molecular formula is C13H19N3O3. The first-order valence-electron chi connectivity index (χ1n) is 6.48. The maximum absolute atomic E-state index is 12.1. The summed E-state index contributed by atoms with van der Waals surface area (Å²) in [7, 11) is 1.58. The molecule has 6 heteroatoms. The molecule has 1 aliphatic heterocycles. The van der Waals surface area contributed by atoms with Crippen molar-refractivity contribution in [3.05, 3.63) is 27.9 Å². The second kappa shape index (κ2) is 5.97. The molecule has 19 heavy (non-hydrogen) atoms. The minimum Gasteiger partial charge on any atom is -0.384 e. The fourth-order valence-corrected chi connectivity index (χ4v) is 2.44. The van der Waals surface area contributed by atoms with Crippen molar-refractivity contribution in [3.8, 4) is 0 Å². The Morgan fingerprint density at radius 2 is 2.42 bits per heavy atom. The number of methoxy groups -OCH3 is 1. The zero-order chi connectivity index (χ0) is 13.8. The highest BCUT2D eigenvalue weighted by Crippen LogP contribution is 2.29. The molecule has 1 amide bonds. The van der Waals surface area contributed by atoms with E-state index in [1.807, 2.05) is 0 Å². The number of amides is 1. The lowest BCUT2D eigenvalue weighted by Gasteiger charge is -2.24. The Kier molecular flexibility index (Phi) is 4.31. The first-order valence-corrected chi connectivity index (χ1v) is 6.48. The van der Waals surface area contributed by atoms with Gasteiger partial charge >= 0.3 is 0 Å². The topological polar surface area (TPSA) is 75.3 Å². The van der Waals surface area contributed by atoms with Crippen LogP contribution < -0.4 is 5.56 Å². The summed E-state index contributed by atoms with van der Waals surface area (Å²) in [5, 5.41) is 0. The number of aryl methyl sites for hydroxylation is 1. The van der Waals surface area contributed by atoms with Gasteiger partial charge in [-0.3, -0.25) is 9.59 Å². The lowest BCUT2D eigenvalue weighted by molar-refractivity contribution is -0.133. The zero-order valence-corrected chi connectivity index (χ0v) is 11.3. The standard InChI is InChI=1S/C13H19N3O3/c1-9-8-11(17)15-13(14-9)10-4-3-6-16(10)12(18)5-7-19-2/h8,10H,3-7H2,1-2H3,(H,14,15,17). The molecule has 1 aromatic rings. The second-order valence-electron chi connectivity index (χ2n) is 4.76. The van der Waals surface area contributed by atoms with E-state index in [9.17, 15) is 9.59 Å². The lowest BCUT2D eigenvalue weighted by atomic mass is 10.2. The van der Waals surface area contributed by atoms with Gasteiger partial charge < -0.3 is 14.6 Å². The van der Waals surface area contributed by atoms with Gasteiger partial charge in [-0.15, -0.1) is 0 Å². The molecule has 1 fully saturated rings. The van der Waals surface area contributed by atoms with Gasteiger partial charge in [0.15, 0.2) is 0 Å². The van der Waals surface area contributed by atoms with Crippen LogP contribution in [0.5, 0.6) is 0 Å². The number of rotatable bonds is 4. The van der Waals surface area contributed by atoms with Crippen LogP contribution in [0.1, 0.15) is 36.8 Å². The van der Waals surface area contributed by atoms with Crippen molar-refractivity contribution < 1.29 is 9.53 Å². The van der Waals surface area contributed by atoms with E-state index >= 15 is 0 Å². The number of carbonyl (C=O) groups excluding carboxylic acids is 1. The van der Waals surface area contributed by atoms with Crippen LogP contribution >= 0.6 is 0 Å². The molecule has 0 bridgehead atoms. The van der Waals surface area contributed by atoms with Crippen LogP contribution in [0.4, 0.5) is 0 Å². The quantitative estimate of drug-likeness (QED) is 0.873. The summed E-state index contributed by atoms with van der Waals surface area (Å²) < 4.78 is 4.93. The Bertz CT molecular complexity index is 512. The van der Waals surface area contributed by atoms with Gasteiger partial charge in [-0.1, -0.05) is 0 Å². The van der Waals surface area contributed by atoms with Crippen LogP contribution in [0.3, 0.4) is 0 Å². The molecule has 0 radical (unpaired) electrons. The van der Waals surface area contributed by atoms with Crippen molar-refractivity contribution in [2.75, 3.05) is 20.3 Å². The summed E-state index contributed by atoms with van der Waals surface area (Å²) in [6.45, 7) is 2.91. The number of likely N-dealkylation sites (tertiary alicyclic amines) is 1. The molecule has 1 aromatic heterocycles. The minimum atomic E-state index is -0.168. The molecule has 1 aliphatic rings. The summed E-state index contributed by atoms with van der Waals surface area (Å²) in [4.78, 5) is 32.5. The van der Waals surface area contributed by atoms with E-state index in [2.05, 4.69) is 9.97 Å². The number of carbonyl (C=O) groups is 1. The molecule has 2 rings (SSSR count). The van der Waals surface area contributed by atoms with E-state index in [0.29, 0.717) is 31.1 Å². The molecule has 1 atom stereocenters. The number of nitrogens with zero attached hydrogens (tertiary/aromatic N) is 2. The first kappa shape index (κ1) is 13.7. The van der Waals surface area contributed by atoms with Gasteiger partial charge in [0.25, 0.3) is 5.56 Å². The van der Waals surface area contributed by atoms with Crippen molar-refractivity contribution in [2.24, 2.45) is 0 Å². The normalized spacial score (nSPS) is 18.8. The summed E-state index contributed by atoms with van der Waals surface area (Å²) in [6.07, 6.45) is 2.13. The highest BCUT2D eigenvalue weighted by atomic mass is 16.5. The molecule has 6 nitrogen and oxygen atoms in total. The van der Waals surface area contributed by atoms with Crippen LogP contribution in [-0.2, 0) is 9.53 Å². The zero-order valence-electron chi connectivity index (χ0n) is 11.3.